The highest BCUT2D eigenvalue weighted by Gasteiger charge is 2.25. The second-order valence-electron chi connectivity index (χ2n) is 3.50. The van der Waals surface area contributed by atoms with E-state index in [1.54, 1.807) is 7.05 Å². The molecule has 1 rings (SSSR count). The molecule has 0 saturated carbocycles. The summed E-state index contributed by atoms with van der Waals surface area (Å²) in [7, 11) is 1.62. The normalized spacial score (nSPS) is 11.4. The van der Waals surface area contributed by atoms with Crippen molar-refractivity contribution < 1.29 is 13.2 Å². The zero-order valence-electron chi connectivity index (χ0n) is 9.68. The van der Waals surface area contributed by atoms with Gasteiger partial charge in [-0.1, -0.05) is 0 Å². The van der Waals surface area contributed by atoms with Crippen LogP contribution in [0.4, 0.5) is 25.1 Å². The van der Waals surface area contributed by atoms with Crippen LogP contribution in [0.15, 0.2) is 0 Å². The molecule has 0 aliphatic heterocycles. The highest BCUT2D eigenvalue weighted by Crippen LogP contribution is 2.22. The molecule has 0 aliphatic carbocycles. The monoisotopic (exact) mass is 283 g/mol. The fraction of sp³-hybridized carbons (Fsp3) is 0.667. The highest BCUT2D eigenvalue weighted by molar-refractivity contribution is 6.28. The van der Waals surface area contributed by atoms with E-state index >= 15 is 0 Å². The van der Waals surface area contributed by atoms with Gasteiger partial charge in [-0.2, -0.15) is 28.1 Å². The Balaban J connectivity index is 2.33. The number of hydrogen-bond acceptors (Lipinski definition) is 5. The molecule has 102 valence electrons. The maximum atomic E-state index is 11.9. The number of aromatic nitrogens is 3. The fourth-order valence-electron chi connectivity index (χ4n) is 1.19. The van der Waals surface area contributed by atoms with Gasteiger partial charge in [0.25, 0.3) is 0 Å². The third-order valence-corrected chi connectivity index (χ3v) is 2.17. The molecule has 0 aromatic carbocycles. The molecule has 18 heavy (non-hydrogen) atoms. The van der Waals surface area contributed by atoms with Crippen molar-refractivity contribution in [2.45, 2.75) is 25.4 Å². The summed E-state index contributed by atoms with van der Waals surface area (Å²) in [4.78, 5) is 11.5. The van der Waals surface area contributed by atoms with Crippen molar-refractivity contribution in [1.29, 1.82) is 0 Å². The first-order valence-electron chi connectivity index (χ1n) is 5.30. The number of anilines is 2. The minimum Gasteiger partial charge on any atom is -0.357 e. The summed E-state index contributed by atoms with van der Waals surface area (Å²) < 4.78 is 35.6. The molecule has 0 saturated heterocycles. The van der Waals surface area contributed by atoms with Crippen molar-refractivity contribution in [1.82, 2.24) is 15.0 Å². The quantitative estimate of drug-likeness (QED) is 0.786. The van der Waals surface area contributed by atoms with E-state index in [4.69, 9.17) is 11.6 Å². The van der Waals surface area contributed by atoms with Crippen molar-refractivity contribution in [3.8, 4) is 0 Å². The Bertz CT molecular complexity index is 385. The molecule has 0 amide bonds. The minimum atomic E-state index is -4.10. The fourth-order valence-corrected chi connectivity index (χ4v) is 1.35. The van der Waals surface area contributed by atoms with E-state index in [-0.39, 0.29) is 17.7 Å². The second kappa shape index (κ2) is 6.58. The van der Waals surface area contributed by atoms with Crippen LogP contribution in [0.2, 0.25) is 5.28 Å². The molecule has 0 fully saturated rings. The molecule has 0 atom stereocenters. The lowest BCUT2D eigenvalue weighted by Crippen LogP contribution is -2.11. The smallest absolute Gasteiger partial charge is 0.357 e. The molecular weight excluding hydrogens is 271 g/mol. The molecule has 1 aromatic rings. The van der Waals surface area contributed by atoms with Gasteiger partial charge in [0.1, 0.15) is 0 Å². The standard InChI is InChI=1S/C9H13ClF3N5/c1-14-7-16-6(10)17-8(18-7)15-5-3-2-4-9(11,12)13/h2-5H2,1H3,(H2,14,15,16,17,18). The first-order chi connectivity index (χ1) is 8.40. The first-order valence-corrected chi connectivity index (χ1v) is 5.68. The Kier molecular flexibility index (Phi) is 5.39. The highest BCUT2D eigenvalue weighted by atomic mass is 35.5. The Morgan fingerprint density at radius 2 is 1.78 bits per heavy atom. The summed E-state index contributed by atoms with van der Waals surface area (Å²) in [6.07, 6.45) is -4.45. The van der Waals surface area contributed by atoms with Crippen LogP contribution in [0.3, 0.4) is 0 Å². The average Bonchev–Trinajstić information content (AvgIpc) is 2.26. The summed E-state index contributed by atoms with van der Waals surface area (Å²) in [5.74, 6) is 0.541. The van der Waals surface area contributed by atoms with Gasteiger partial charge in [-0.15, -0.1) is 0 Å². The van der Waals surface area contributed by atoms with Crippen LogP contribution in [0.1, 0.15) is 19.3 Å². The van der Waals surface area contributed by atoms with E-state index in [0.29, 0.717) is 18.9 Å². The Labute approximate surface area is 107 Å². The second-order valence-corrected chi connectivity index (χ2v) is 3.84. The maximum absolute atomic E-state index is 11.9. The number of hydrogen-bond donors (Lipinski definition) is 2. The SMILES string of the molecule is CNc1nc(Cl)nc(NCCCCC(F)(F)F)n1. The van der Waals surface area contributed by atoms with Gasteiger partial charge < -0.3 is 10.6 Å². The van der Waals surface area contributed by atoms with Crippen LogP contribution >= 0.6 is 11.6 Å². The predicted octanol–water partition coefficient (Wildman–Crippen LogP) is 2.71. The Morgan fingerprint density at radius 1 is 1.11 bits per heavy atom. The molecular formula is C9H13ClF3N5. The van der Waals surface area contributed by atoms with E-state index < -0.39 is 12.6 Å². The number of nitrogens with zero attached hydrogens (tertiary/aromatic N) is 3. The lowest BCUT2D eigenvalue weighted by molar-refractivity contribution is -0.135. The van der Waals surface area contributed by atoms with E-state index in [1.807, 2.05) is 0 Å². The van der Waals surface area contributed by atoms with Crippen molar-refractivity contribution in [2.75, 3.05) is 24.2 Å². The Morgan fingerprint density at radius 3 is 2.39 bits per heavy atom. The summed E-state index contributed by atoms with van der Waals surface area (Å²) >= 11 is 5.64. The van der Waals surface area contributed by atoms with Crippen LogP contribution < -0.4 is 10.6 Å². The predicted molar refractivity (Wildman–Crippen MR) is 62.8 cm³/mol. The number of unbranched alkanes of at least 4 members (excludes halogenated alkanes) is 1. The third-order valence-electron chi connectivity index (χ3n) is 2.00. The number of nitrogens with one attached hydrogen (secondary N) is 2. The van der Waals surface area contributed by atoms with Gasteiger partial charge in [-0.25, -0.2) is 0 Å². The molecule has 1 heterocycles. The molecule has 9 heteroatoms. The van der Waals surface area contributed by atoms with Crippen LogP contribution in [0.5, 0.6) is 0 Å². The lowest BCUT2D eigenvalue weighted by Gasteiger charge is -2.07. The lowest BCUT2D eigenvalue weighted by atomic mass is 10.2. The van der Waals surface area contributed by atoms with Crippen molar-refractivity contribution in [3.63, 3.8) is 0 Å². The summed E-state index contributed by atoms with van der Waals surface area (Å²) in [5.41, 5.74) is 0. The van der Waals surface area contributed by atoms with Crippen molar-refractivity contribution in [2.24, 2.45) is 0 Å². The molecule has 0 bridgehead atoms. The average molecular weight is 284 g/mol. The van der Waals surface area contributed by atoms with Gasteiger partial charge >= 0.3 is 6.18 Å². The van der Waals surface area contributed by atoms with E-state index in [9.17, 15) is 13.2 Å². The summed E-state index contributed by atoms with van der Waals surface area (Å²) in [5, 5.41) is 5.51. The molecule has 0 spiro atoms. The van der Waals surface area contributed by atoms with Gasteiger partial charge in [-0.05, 0) is 24.4 Å². The van der Waals surface area contributed by atoms with Crippen molar-refractivity contribution >= 4 is 23.5 Å². The number of rotatable bonds is 6. The number of alkyl halides is 3. The van der Waals surface area contributed by atoms with Gasteiger partial charge in [-0.3, -0.25) is 0 Å². The van der Waals surface area contributed by atoms with Crippen LogP contribution in [-0.4, -0.2) is 34.7 Å². The van der Waals surface area contributed by atoms with E-state index in [0.717, 1.165) is 0 Å². The van der Waals surface area contributed by atoms with Crippen molar-refractivity contribution in [3.05, 3.63) is 5.28 Å². The maximum Gasteiger partial charge on any atom is 0.389 e. The minimum absolute atomic E-state index is 0.0205. The van der Waals surface area contributed by atoms with Crippen LogP contribution in [-0.2, 0) is 0 Å². The van der Waals surface area contributed by atoms with Gasteiger partial charge in [0.15, 0.2) is 0 Å². The topological polar surface area (TPSA) is 62.7 Å². The molecule has 0 radical (unpaired) electrons. The molecule has 1 aromatic heterocycles. The summed E-state index contributed by atoms with van der Waals surface area (Å²) in [6, 6.07) is 0. The van der Waals surface area contributed by atoms with Gasteiger partial charge in [0.2, 0.25) is 17.2 Å². The zero-order chi connectivity index (χ0) is 13.6. The molecule has 0 aliphatic rings. The van der Waals surface area contributed by atoms with E-state index in [1.165, 1.54) is 0 Å². The van der Waals surface area contributed by atoms with Gasteiger partial charge in [0, 0.05) is 20.0 Å². The largest absolute Gasteiger partial charge is 0.389 e. The Hall–Kier alpha value is -1.31. The number of halogens is 4. The first kappa shape index (κ1) is 14.7. The van der Waals surface area contributed by atoms with Crippen LogP contribution in [0, 0.1) is 0 Å². The molecule has 5 nitrogen and oxygen atoms in total. The van der Waals surface area contributed by atoms with E-state index in [2.05, 4.69) is 25.6 Å². The zero-order valence-corrected chi connectivity index (χ0v) is 10.4. The van der Waals surface area contributed by atoms with Crippen LogP contribution in [0.25, 0.3) is 0 Å². The third kappa shape index (κ3) is 5.85. The summed E-state index contributed by atoms with van der Waals surface area (Å²) in [6.45, 7) is 0.347. The van der Waals surface area contributed by atoms with Gasteiger partial charge in [0.05, 0.1) is 0 Å². The molecule has 2 N–H and O–H groups in total. The molecule has 0 unspecified atom stereocenters.